The molecule has 0 saturated carbocycles. The molecule has 39 heavy (non-hydrogen) atoms. The van der Waals surface area contributed by atoms with Crippen LogP contribution in [0, 0.1) is 11.6 Å². The number of carbonyl (C=O) groups is 2. The number of allylic oxidation sites excluding steroid dienone is 1. The maximum absolute atomic E-state index is 14.1. The first kappa shape index (κ1) is 26.2. The largest absolute Gasteiger partial charge is 0.490 e. The third kappa shape index (κ3) is 5.15. The number of imide groups is 1. The van der Waals surface area contributed by atoms with Crippen molar-refractivity contribution in [1.82, 2.24) is 9.88 Å². The van der Waals surface area contributed by atoms with Gasteiger partial charge in [-0.1, -0.05) is 24.3 Å². The Labute approximate surface area is 226 Å². The highest BCUT2D eigenvalue weighted by Gasteiger charge is 2.27. The van der Waals surface area contributed by atoms with Crippen LogP contribution in [0.3, 0.4) is 0 Å². The molecule has 0 spiro atoms. The second-order valence-corrected chi connectivity index (χ2v) is 9.72. The number of fused-ring (bicyclic) bond motifs is 1. The van der Waals surface area contributed by atoms with Crippen LogP contribution in [-0.4, -0.2) is 28.9 Å². The summed E-state index contributed by atoms with van der Waals surface area (Å²) in [5.74, 6) is -1.97. The van der Waals surface area contributed by atoms with Crippen molar-refractivity contribution in [2.75, 3.05) is 13.2 Å². The van der Waals surface area contributed by atoms with E-state index in [1.807, 2.05) is 0 Å². The second-order valence-electron chi connectivity index (χ2n) is 8.73. The van der Waals surface area contributed by atoms with Crippen molar-refractivity contribution < 1.29 is 27.8 Å². The van der Waals surface area contributed by atoms with Gasteiger partial charge in [0.15, 0.2) is 17.4 Å². The van der Waals surface area contributed by atoms with Gasteiger partial charge in [-0.3, -0.25) is 19.7 Å². The maximum Gasteiger partial charge on any atom is 0.290 e. The lowest BCUT2D eigenvalue weighted by Crippen LogP contribution is -2.18. The molecule has 4 aromatic rings. The van der Waals surface area contributed by atoms with Crippen molar-refractivity contribution in [2.45, 2.75) is 6.92 Å². The highest BCUT2D eigenvalue weighted by molar-refractivity contribution is 8.18. The van der Waals surface area contributed by atoms with Crippen LogP contribution < -0.4 is 20.2 Å². The zero-order chi connectivity index (χ0) is 27.7. The fraction of sp³-hybridized carbons (Fsp3) is 0.138. The number of rotatable bonds is 7. The molecule has 1 saturated heterocycles. The van der Waals surface area contributed by atoms with E-state index in [1.165, 1.54) is 6.07 Å². The maximum atomic E-state index is 14.1. The SMILES string of the molecule is C/C(=C1\SC(=O)NC1=O)c1cccc(OCCOc2c(-c3ccc(F)c(F)c3)n(C)c3ccccc3c2=O)c1. The molecule has 198 valence electrons. The molecular formula is C29H22F2N2O5S. The van der Waals surface area contributed by atoms with Gasteiger partial charge in [-0.05, 0) is 72.3 Å². The number of ether oxygens (including phenoxy) is 2. The summed E-state index contributed by atoms with van der Waals surface area (Å²) in [6, 6.07) is 17.4. The Hall–Kier alpha value is -4.44. The molecule has 0 atom stereocenters. The van der Waals surface area contributed by atoms with Gasteiger partial charge in [0.1, 0.15) is 19.0 Å². The summed E-state index contributed by atoms with van der Waals surface area (Å²) in [5.41, 5.74) is 2.19. The molecule has 0 aliphatic carbocycles. The summed E-state index contributed by atoms with van der Waals surface area (Å²) >= 11 is 0.849. The van der Waals surface area contributed by atoms with Crippen LogP contribution in [0.4, 0.5) is 13.6 Å². The summed E-state index contributed by atoms with van der Waals surface area (Å²) in [7, 11) is 1.72. The number of benzene rings is 3. The van der Waals surface area contributed by atoms with Crippen molar-refractivity contribution in [3.05, 3.63) is 99.1 Å². The fourth-order valence-corrected chi connectivity index (χ4v) is 5.12. The van der Waals surface area contributed by atoms with Crippen molar-refractivity contribution >= 4 is 39.4 Å². The van der Waals surface area contributed by atoms with Gasteiger partial charge in [0, 0.05) is 18.0 Å². The van der Waals surface area contributed by atoms with E-state index in [2.05, 4.69) is 5.32 Å². The number of nitrogens with one attached hydrogen (secondary N) is 1. The number of halogens is 2. The van der Waals surface area contributed by atoms with Crippen molar-refractivity contribution in [3.63, 3.8) is 0 Å². The summed E-state index contributed by atoms with van der Waals surface area (Å²) < 4.78 is 41.2. The number of aryl methyl sites for hydroxylation is 1. The minimum atomic E-state index is -1.04. The molecule has 1 aliphatic rings. The zero-order valence-corrected chi connectivity index (χ0v) is 21.7. The number of hydrogen-bond donors (Lipinski definition) is 1. The van der Waals surface area contributed by atoms with E-state index in [-0.39, 0.29) is 24.4 Å². The lowest BCUT2D eigenvalue weighted by molar-refractivity contribution is -0.115. The van der Waals surface area contributed by atoms with Crippen LogP contribution in [0.1, 0.15) is 12.5 Å². The van der Waals surface area contributed by atoms with E-state index in [1.54, 1.807) is 67.1 Å². The number of aromatic nitrogens is 1. The highest BCUT2D eigenvalue weighted by atomic mass is 32.2. The molecule has 1 aromatic heterocycles. The number of carbonyl (C=O) groups excluding carboxylic acids is 2. The normalized spacial score (nSPS) is 14.5. The van der Waals surface area contributed by atoms with Gasteiger partial charge in [0.2, 0.25) is 5.43 Å². The Balaban J connectivity index is 1.39. The Morgan fingerprint density at radius 3 is 2.44 bits per heavy atom. The second kappa shape index (κ2) is 10.7. The first-order valence-electron chi connectivity index (χ1n) is 11.9. The summed E-state index contributed by atoms with van der Waals surface area (Å²) in [4.78, 5) is 37.2. The van der Waals surface area contributed by atoms with Crippen LogP contribution in [-0.2, 0) is 11.8 Å². The van der Waals surface area contributed by atoms with E-state index in [9.17, 15) is 23.2 Å². The monoisotopic (exact) mass is 548 g/mol. The first-order valence-corrected chi connectivity index (χ1v) is 12.7. The predicted octanol–water partition coefficient (Wildman–Crippen LogP) is 5.66. The zero-order valence-electron chi connectivity index (χ0n) is 20.9. The summed E-state index contributed by atoms with van der Waals surface area (Å²) in [6.07, 6.45) is 0. The van der Waals surface area contributed by atoms with Crippen molar-refractivity contribution in [2.24, 2.45) is 7.05 Å². The molecule has 0 radical (unpaired) electrons. The van der Waals surface area contributed by atoms with Gasteiger partial charge in [-0.2, -0.15) is 0 Å². The number of nitrogens with zero attached hydrogens (tertiary/aromatic N) is 1. The smallest absolute Gasteiger partial charge is 0.290 e. The van der Waals surface area contributed by atoms with E-state index < -0.39 is 22.8 Å². The highest BCUT2D eigenvalue weighted by Crippen LogP contribution is 2.33. The molecule has 1 aliphatic heterocycles. The van der Waals surface area contributed by atoms with E-state index in [0.29, 0.717) is 44.0 Å². The Morgan fingerprint density at radius 1 is 0.923 bits per heavy atom. The molecule has 3 aromatic carbocycles. The molecule has 0 bridgehead atoms. The molecule has 10 heteroatoms. The van der Waals surface area contributed by atoms with Crippen LogP contribution in [0.15, 0.2) is 76.4 Å². The third-order valence-electron chi connectivity index (χ3n) is 6.28. The molecule has 1 N–H and O–H groups in total. The molecule has 1 fully saturated rings. The Morgan fingerprint density at radius 2 is 1.69 bits per heavy atom. The van der Waals surface area contributed by atoms with E-state index in [0.717, 1.165) is 23.9 Å². The topological polar surface area (TPSA) is 86.6 Å². The number of para-hydroxylation sites is 1. The average Bonchev–Trinajstić information content (AvgIpc) is 3.28. The number of pyridine rings is 1. The number of thioether (sulfide) groups is 1. The third-order valence-corrected chi connectivity index (χ3v) is 7.27. The summed E-state index contributed by atoms with van der Waals surface area (Å²) in [5, 5.41) is 2.25. The fourth-order valence-electron chi connectivity index (χ4n) is 4.38. The molecule has 7 nitrogen and oxygen atoms in total. The van der Waals surface area contributed by atoms with Crippen LogP contribution in [0.2, 0.25) is 0 Å². The van der Waals surface area contributed by atoms with Gasteiger partial charge in [0.25, 0.3) is 11.1 Å². The summed E-state index contributed by atoms with van der Waals surface area (Å²) in [6.45, 7) is 1.80. The average molecular weight is 549 g/mol. The minimum absolute atomic E-state index is 0.00549. The lowest BCUT2D eigenvalue weighted by Gasteiger charge is -2.18. The molecule has 0 unspecified atom stereocenters. The van der Waals surface area contributed by atoms with Gasteiger partial charge < -0.3 is 14.0 Å². The van der Waals surface area contributed by atoms with Crippen LogP contribution in [0.5, 0.6) is 11.5 Å². The number of amides is 2. The molecule has 2 amide bonds. The quantitative estimate of drug-likeness (QED) is 0.237. The molecular weight excluding hydrogens is 526 g/mol. The van der Waals surface area contributed by atoms with Gasteiger partial charge in [-0.25, -0.2) is 8.78 Å². The van der Waals surface area contributed by atoms with E-state index in [4.69, 9.17) is 9.47 Å². The van der Waals surface area contributed by atoms with Crippen molar-refractivity contribution in [1.29, 1.82) is 0 Å². The minimum Gasteiger partial charge on any atom is -0.490 e. The van der Waals surface area contributed by atoms with Crippen LogP contribution >= 0.6 is 11.8 Å². The standard InChI is InChI=1S/C29H22F2N2O5S/c1-16(27-28(35)32-29(36)39-27)17-6-5-7-19(14-17)37-12-13-38-26-24(18-10-11-21(30)22(31)15-18)33(2)23-9-4-3-8-20(23)25(26)34/h3-11,14-15H,12-13H2,1-2H3,(H,32,35,36)/b27-16+. The Bertz CT molecular complexity index is 1730. The molecule has 5 rings (SSSR count). The number of hydrogen-bond acceptors (Lipinski definition) is 6. The van der Waals surface area contributed by atoms with Gasteiger partial charge >= 0.3 is 0 Å². The first-order chi connectivity index (χ1) is 18.7. The van der Waals surface area contributed by atoms with Gasteiger partial charge in [0.05, 0.1) is 16.1 Å². The van der Waals surface area contributed by atoms with E-state index >= 15 is 0 Å². The van der Waals surface area contributed by atoms with Gasteiger partial charge in [-0.15, -0.1) is 0 Å². The van der Waals surface area contributed by atoms with Crippen LogP contribution in [0.25, 0.3) is 27.7 Å². The molecule has 2 heterocycles. The van der Waals surface area contributed by atoms with Crippen molar-refractivity contribution in [3.8, 4) is 22.8 Å². The Kier molecular flexibility index (Phi) is 7.21. The predicted molar refractivity (Wildman–Crippen MR) is 146 cm³/mol. The lowest BCUT2D eigenvalue weighted by atomic mass is 10.1.